The monoisotopic (exact) mass is 671 g/mol. The van der Waals surface area contributed by atoms with Gasteiger partial charge in [-0.05, 0) is 74.8 Å². The van der Waals surface area contributed by atoms with E-state index in [0.29, 0.717) is 17.5 Å². The third-order valence-corrected chi connectivity index (χ3v) is 11.0. The van der Waals surface area contributed by atoms with Crippen LogP contribution in [-0.4, -0.2) is 15.0 Å². The molecular formula is C45H25N3O2S. The molecule has 51 heavy (non-hydrogen) atoms. The first-order chi connectivity index (χ1) is 25.3. The van der Waals surface area contributed by atoms with E-state index in [1.165, 1.54) is 26.9 Å². The molecule has 8 aromatic carbocycles. The van der Waals surface area contributed by atoms with Crippen LogP contribution < -0.4 is 4.74 Å². The van der Waals surface area contributed by atoms with E-state index in [1.807, 2.05) is 60.7 Å². The Kier molecular flexibility index (Phi) is 6.12. The highest BCUT2D eigenvalue weighted by molar-refractivity contribution is 7.99. The summed E-state index contributed by atoms with van der Waals surface area (Å²) in [5.74, 6) is 3.32. The van der Waals surface area contributed by atoms with Crippen LogP contribution >= 0.6 is 11.8 Å². The van der Waals surface area contributed by atoms with Gasteiger partial charge in [0.25, 0.3) is 0 Å². The van der Waals surface area contributed by atoms with Gasteiger partial charge in [0, 0.05) is 21.9 Å². The van der Waals surface area contributed by atoms with Crippen molar-refractivity contribution < 1.29 is 9.15 Å². The number of furan rings is 1. The van der Waals surface area contributed by atoms with Crippen molar-refractivity contribution in [2.24, 2.45) is 0 Å². The van der Waals surface area contributed by atoms with Gasteiger partial charge in [-0.2, -0.15) is 0 Å². The molecule has 0 radical (unpaired) electrons. The van der Waals surface area contributed by atoms with Crippen LogP contribution in [-0.2, 0) is 0 Å². The predicted molar refractivity (Wildman–Crippen MR) is 207 cm³/mol. The molecule has 0 amide bonds. The molecule has 3 heterocycles. The maximum atomic E-state index is 6.48. The van der Waals surface area contributed by atoms with Crippen LogP contribution in [0.15, 0.2) is 166 Å². The second-order valence-electron chi connectivity index (χ2n) is 12.7. The Balaban J connectivity index is 1.18. The molecule has 0 N–H and O–H groups in total. The minimum atomic E-state index is 0.544. The predicted octanol–water partition coefficient (Wildman–Crippen LogP) is 12.5. The van der Waals surface area contributed by atoms with Crippen LogP contribution in [0.5, 0.6) is 11.5 Å². The summed E-state index contributed by atoms with van der Waals surface area (Å²) < 4.78 is 12.9. The summed E-state index contributed by atoms with van der Waals surface area (Å²) in [6, 6.07) is 52.2. The summed E-state index contributed by atoms with van der Waals surface area (Å²) in [5.41, 5.74) is 4.17. The highest BCUT2D eigenvalue weighted by Crippen LogP contribution is 2.50. The minimum Gasteiger partial charge on any atom is -0.455 e. The number of hydrogen-bond acceptors (Lipinski definition) is 6. The number of para-hydroxylation sites is 3. The number of nitrogens with zero attached hydrogens (tertiary/aromatic N) is 3. The zero-order valence-corrected chi connectivity index (χ0v) is 27.8. The van der Waals surface area contributed by atoms with Gasteiger partial charge < -0.3 is 9.15 Å². The first-order valence-corrected chi connectivity index (χ1v) is 17.7. The molecule has 11 rings (SSSR count). The van der Waals surface area contributed by atoms with Crippen LogP contribution in [0.1, 0.15) is 0 Å². The lowest BCUT2D eigenvalue weighted by atomic mass is 9.93. The summed E-state index contributed by atoms with van der Waals surface area (Å²) in [6.07, 6.45) is 0. The van der Waals surface area contributed by atoms with Gasteiger partial charge in [-0.15, -0.1) is 0 Å². The van der Waals surface area contributed by atoms with E-state index in [2.05, 4.69) is 91.0 Å². The molecule has 10 aromatic rings. The molecule has 0 spiro atoms. The van der Waals surface area contributed by atoms with Gasteiger partial charge in [0.1, 0.15) is 22.7 Å². The molecule has 0 bridgehead atoms. The Morgan fingerprint density at radius 1 is 0.412 bits per heavy atom. The summed E-state index contributed by atoms with van der Waals surface area (Å²) in [6.45, 7) is 0. The average molecular weight is 672 g/mol. The smallest absolute Gasteiger partial charge is 0.167 e. The molecule has 5 nitrogen and oxygen atoms in total. The van der Waals surface area contributed by atoms with Crippen LogP contribution in [0.4, 0.5) is 0 Å². The summed E-state index contributed by atoms with van der Waals surface area (Å²) in [4.78, 5) is 17.6. The Labute approximate surface area is 296 Å². The molecule has 2 aromatic heterocycles. The largest absolute Gasteiger partial charge is 0.455 e. The van der Waals surface area contributed by atoms with Crippen molar-refractivity contribution in [3.63, 3.8) is 0 Å². The number of rotatable bonds is 3. The first-order valence-electron chi connectivity index (χ1n) is 16.9. The van der Waals surface area contributed by atoms with E-state index in [1.54, 1.807) is 11.8 Å². The maximum absolute atomic E-state index is 6.48. The average Bonchev–Trinajstić information content (AvgIpc) is 3.58. The fourth-order valence-corrected chi connectivity index (χ4v) is 8.50. The van der Waals surface area contributed by atoms with Crippen molar-refractivity contribution in [2.45, 2.75) is 9.79 Å². The van der Waals surface area contributed by atoms with Crippen molar-refractivity contribution in [3.8, 4) is 45.7 Å². The molecule has 0 fully saturated rings. The van der Waals surface area contributed by atoms with Crippen LogP contribution in [0.3, 0.4) is 0 Å². The van der Waals surface area contributed by atoms with Gasteiger partial charge in [-0.1, -0.05) is 121 Å². The van der Waals surface area contributed by atoms with Crippen LogP contribution in [0, 0.1) is 0 Å². The number of hydrogen-bond donors (Lipinski definition) is 0. The van der Waals surface area contributed by atoms with E-state index in [9.17, 15) is 0 Å². The Bertz CT molecular complexity index is 3020. The summed E-state index contributed by atoms with van der Waals surface area (Å²) in [7, 11) is 0. The van der Waals surface area contributed by atoms with E-state index in [4.69, 9.17) is 24.1 Å². The SMILES string of the molecule is c1ccc2c(c1)Oc1cccc(-c3nc(-c4ccc5c6ccccc6c6ccccc6c5c4)nc(-c4cccc5c4oc4ccccc45)n3)c1S2. The quantitative estimate of drug-likeness (QED) is 0.174. The van der Waals surface area contributed by atoms with Gasteiger partial charge in [-0.3, -0.25) is 0 Å². The first kappa shape index (κ1) is 28.3. The minimum absolute atomic E-state index is 0.544. The number of ether oxygens (including phenoxy) is 1. The van der Waals surface area contributed by atoms with Crippen LogP contribution in [0.25, 0.3) is 88.4 Å². The van der Waals surface area contributed by atoms with Crippen LogP contribution in [0.2, 0.25) is 0 Å². The molecule has 0 saturated heterocycles. The fraction of sp³-hybridized carbons (Fsp3) is 0. The molecule has 0 unspecified atom stereocenters. The van der Waals surface area contributed by atoms with Gasteiger partial charge in [0.15, 0.2) is 17.5 Å². The standard InChI is InChI=1S/C45H25N3O2S/c1-2-13-29-27(11-1)28-12-3-4-14-30(28)36-25-26(23-24-31(29)36)43-46-44(34-17-9-16-33-32-15-5-6-19-37(32)50-41(33)34)48-45(47-43)35-18-10-21-39-42(35)51-40-22-8-7-20-38(40)49-39/h1-25H. The third kappa shape index (κ3) is 4.40. The third-order valence-electron chi connectivity index (χ3n) is 9.78. The lowest BCUT2D eigenvalue weighted by molar-refractivity contribution is 0.455. The second-order valence-corrected chi connectivity index (χ2v) is 13.8. The van der Waals surface area contributed by atoms with Gasteiger partial charge in [-0.25, -0.2) is 15.0 Å². The summed E-state index contributed by atoms with van der Waals surface area (Å²) >= 11 is 1.67. The highest BCUT2D eigenvalue weighted by Gasteiger charge is 2.24. The molecule has 1 aliphatic rings. The van der Waals surface area contributed by atoms with Crippen molar-refractivity contribution in [3.05, 3.63) is 152 Å². The lowest BCUT2D eigenvalue weighted by Gasteiger charge is -2.21. The zero-order chi connectivity index (χ0) is 33.5. The van der Waals surface area contributed by atoms with E-state index in [-0.39, 0.29) is 0 Å². The van der Waals surface area contributed by atoms with E-state index >= 15 is 0 Å². The number of benzene rings is 8. The van der Waals surface area contributed by atoms with Crippen molar-refractivity contribution in [2.75, 3.05) is 0 Å². The normalized spacial score (nSPS) is 12.4. The molecule has 0 aliphatic carbocycles. The molecule has 6 heteroatoms. The highest BCUT2D eigenvalue weighted by atomic mass is 32.2. The Morgan fingerprint density at radius 2 is 0.980 bits per heavy atom. The van der Waals surface area contributed by atoms with Crippen molar-refractivity contribution >= 4 is 66.0 Å². The zero-order valence-electron chi connectivity index (χ0n) is 27.0. The number of aromatic nitrogens is 3. The molecule has 0 atom stereocenters. The van der Waals surface area contributed by atoms with Gasteiger partial charge in [0.05, 0.1) is 15.4 Å². The molecule has 0 saturated carbocycles. The van der Waals surface area contributed by atoms with E-state index < -0.39 is 0 Å². The summed E-state index contributed by atoms with van der Waals surface area (Å²) in [5, 5.41) is 9.31. The second kappa shape index (κ2) is 11.0. The van der Waals surface area contributed by atoms with Gasteiger partial charge in [0.2, 0.25) is 0 Å². The lowest BCUT2D eigenvalue weighted by Crippen LogP contribution is -2.03. The van der Waals surface area contributed by atoms with E-state index in [0.717, 1.165) is 65.3 Å². The van der Waals surface area contributed by atoms with Crippen molar-refractivity contribution in [1.29, 1.82) is 0 Å². The number of fused-ring (bicyclic) bond motifs is 11. The maximum Gasteiger partial charge on any atom is 0.167 e. The van der Waals surface area contributed by atoms with Crippen molar-refractivity contribution in [1.82, 2.24) is 15.0 Å². The Morgan fingerprint density at radius 3 is 1.78 bits per heavy atom. The molecule has 1 aliphatic heterocycles. The molecular weight excluding hydrogens is 647 g/mol. The molecule has 238 valence electrons. The Hall–Kier alpha value is -6.50. The van der Waals surface area contributed by atoms with Gasteiger partial charge >= 0.3 is 0 Å². The topological polar surface area (TPSA) is 61.0 Å². The fourth-order valence-electron chi connectivity index (χ4n) is 7.44.